The second kappa shape index (κ2) is 5.43. The molecule has 0 aromatic carbocycles. The predicted octanol–water partition coefficient (Wildman–Crippen LogP) is 1.28. The van der Waals surface area contributed by atoms with Gasteiger partial charge in [-0.3, -0.25) is 0 Å². The van der Waals surface area contributed by atoms with E-state index in [2.05, 4.69) is 4.74 Å². The fourth-order valence-corrected chi connectivity index (χ4v) is 0.723. The summed E-state index contributed by atoms with van der Waals surface area (Å²) in [5.41, 5.74) is 0. The second-order valence-electron chi connectivity index (χ2n) is 2.58. The van der Waals surface area contributed by atoms with Crippen LogP contribution in [0, 0.1) is 5.92 Å². The van der Waals surface area contributed by atoms with Gasteiger partial charge in [-0.25, -0.2) is 8.78 Å². The van der Waals surface area contributed by atoms with E-state index >= 15 is 0 Å². The molecule has 0 aromatic rings. The zero-order chi connectivity index (χ0) is 8.85. The molecule has 0 fully saturated rings. The van der Waals surface area contributed by atoms with Crippen molar-refractivity contribution in [3.05, 3.63) is 0 Å². The van der Waals surface area contributed by atoms with Gasteiger partial charge in [-0.2, -0.15) is 0 Å². The zero-order valence-electron chi connectivity index (χ0n) is 6.76. The molecule has 2 nitrogen and oxygen atoms in total. The first-order chi connectivity index (χ1) is 5.09. The summed E-state index contributed by atoms with van der Waals surface area (Å²) in [6.45, 7) is 1.99. The van der Waals surface area contributed by atoms with E-state index < -0.39 is 18.4 Å². The fourth-order valence-electron chi connectivity index (χ4n) is 0.723. The van der Waals surface area contributed by atoms with Gasteiger partial charge in [0.05, 0.1) is 0 Å². The van der Waals surface area contributed by atoms with E-state index in [4.69, 9.17) is 5.11 Å². The molecule has 1 N–H and O–H groups in total. The first kappa shape index (κ1) is 10.8. The normalized spacial score (nSPS) is 16.9. The van der Waals surface area contributed by atoms with Crippen LogP contribution in [0.2, 0.25) is 0 Å². The van der Waals surface area contributed by atoms with E-state index in [0.717, 1.165) is 0 Å². The molecule has 0 aliphatic rings. The van der Waals surface area contributed by atoms with Crippen molar-refractivity contribution in [2.75, 3.05) is 13.7 Å². The number of alkyl halides is 2. The molecule has 0 aliphatic carbocycles. The highest BCUT2D eigenvalue weighted by atomic mass is 19.3. The van der Waals surface area contributed by atoms with Gasteiger partial charge in [0.2, 0.25) is 0 Å². The van der Waals surface area contributed by atoms with Gasteiger partial charge in [-0.15, -0.1) is 0 Å². The Morgan fingerprint density at radius 2 is 2.00 bits per heavy atom. The summed E-state index contributed by atoms with van der Waals surface area (Å²) < 4.78 is 28.3. The van der Waals surface area contributed by atoms with E-state index in [9.17, 15) is 8.78 Å². The maximum absolute atomic E-state index is 11.8. The SMILES string of the molecule is COCCC(C)C(O)C(F)F. The number of aliphatic hydroxyl groups is 1. The van der Waals surface area contributed by atoms with E-state index in [1.54, 1.807) is 6.92 Å². The quantitative estimate of drug-likeness (QED) is 0.670. The molecule has 2 atom stereocenters. The van der Waals surface area contributed by atoms with Gasteiger partial charge < -0.3 is 9.84 Å². The van der Waals surface area contributed by atoms with Crippen molar-refractivity contribution in [1.82, 2.24) is 0 Å². The number of rotatable bonds is 5. The van der Waals surface area contributed by atoms with E-state index in [-0.39, 0.29) is 0 Å². The Morgan fingerprint density at radius 3 is 2.36 bits per heavy atom. The van der Waals surface area contributed by atoms with Crippen molar-refractivity contribution in [1.29, 1.82) is 0 Å². The Hall–Kier alpha value is -0.220. The predicted molar refractivity (Wildman–Crippen MR) is 37.7 cm³/mol. The lowest BCUT2D eigenvalue weighted by Gasteiger charge is -2.16. The van der Waals surface area contributed by atoms with Crippen molar-refractivity contribution in [3.63, 3.8) is 0 Å². The van der Waals surface area contributed by atoms with Gasteiger partial charge >= 0.3 is 0 Å². The number of aliphatic hydroxyl groups excluding tert-OH is 1. The van der Waals surface area contributed by atoms with Gasteiger partial charge in [0, 0.05) is 13.7 Å². The molecule has 2 unspecified atom stereocenters. The Balaban J connectivity index is 3.55. The number of hydrogen-bond acceptors (Lipinski definition) is 2. The molecule has 0 aromatic heterocycles. The Bertz CT molecular complexity index is 98.4. The highest BCUT2D eigenvalue weighted by molar-refractivity contribution is 4.65. The maximum atomic E-state index is 11.8. The van der Waals surface area contributed by atoms with E-state index in [1.165, 1.54) is 7.11 Å². The van der Waals surface area contributed by atoms with Crippen molar-refractivity contribution in [3.8, 4) is 0 Å². The third kappa shape index (κ3) is 4.27. The molecular weight excluding hydrogens is 154 g/mol. The molecule has 0 radical (unpaired) electrons. The zero-order valence-corrected chi connectivity index (χ0v) is 6.76. The van der Waals surface area contributed by atoms with E-state index in [0.29, 0.717) is 13.0 Å². The Morgan fingerprint density at radius 1 is 1.45 bits per heavy atom. The molecule has 0 bridgehead atoms. The average molecular weight is 168 g/mol. The lowest BCUT2D eigenvalue weighted by Crippen LogP contribution is -2.26. The maximum Gasteiger partial charge on any atom is 0.264 e. The third-order valence-corrected chi connectivity index (χ3v) is 1.62. The average Bonchev–Trinajstić information content (AvgIpc) is 1.98. The highest BCUT2D eigenvalue weighted by Crippen LogP contribution is 2.14. The summed E-state index contributed by atoms with van der Waals surface area (Å²) in [4.78, 5) is 0. The molecule has 4 heteroatoms. The van der Waals surface area contributed by atoms with Gasteiger partial charge in [0.25, 0.3) is 6.43 Å². The smallest absolute Gasteiger partial charge is 0.264 e. The topological polar surface area (TPSA) is 29.5 Å². The minimum absolute atomic E-state index is 0.407. The molecule has 0 saturated heterocycles. The van der Waals surface area contributed by atoms with Crippen LogP contribution in [0.1, 0.15) is 13.3 Å². The summed E-state index contributed by atoms with van der Waals surface area (Å²) in [5.74, 6) is -0.407. The summed E-state index contributed by atoms with van der Waals surface area (Å²) >= 11 is 0. The Kier molecular flexibility index (Phi) is 5.32. The van der Waals surface area contributed by atoms with Crippen LogP contribution in [-0.4, -0.2) is 31.4 Å². The van der Waals surface area contributed by atoms with Gasteiger partial charge in [-0.05, 0) is 12.3 Å². The second-order valence-corrected chi connectivity index (χ2v) is 2.58. The lowest BCUT2D eigenvalue weighted by molar-refractivity contribution is -0.0402. The van der Waals surface area contributed by atoms with Gasteiger partial charge in [0.1, 0.15) is 6.10 Å². The van der Waals surface area contributed by atoms with Crippen molar-refractivity contribution < 1.29 is 18.6 Å². The van der Waals surface area contributed by atoms with Crippen LogP contribution >= 0.6 is 0 Å². The number of hydrogen-bond donors (Lipinski definition) is 1. The van der Waals surface area contributed by atoms with Crippen LogP contribution in [0.5, 0.6) is 0 Å². The summed E-state index contributed by atoms with van der Waals surface area (Å²) in [5, 5.41) is 8.82. The highest BCUT2D eigenvalue weighted by Gasteiger charge is 2.23. The standard InChI is InChI=1S/C7H14F2O2/c1-5(3-4-11-2)6(10)7(8)9/h5-7,10H,3-4H2,1-2H3. The summed E-state index contributed by atoms with van der Waals surface area (Å²) in [7, 11) is 1.50. The molecule has 0 rings (SSSR count). The Labute approximate surface area is 65.2 Å². The van der Waals surface area contributed by atoms with E-state index in [1.807, 2.05) is 0 Å². The third-order valence-electron chi connectivity index (χ3n) is 1.62. The van der Waals surface area contributed by atoms with Crippen LogP contribution < -0.4 is 0 Å². The van der Waals surface area contributed by atoms with Gasteiger partial charge in [0.15, 0.2) is 0 Å². The monoisotopic (exact) mass is 168 g/mol. The largest absolute Gasteiger partial charge is 0.387 e. The molecule has 0 amide bonds. The van der Waals surface area contributed by atoms with Crippen LogP contribution in [0.4, 0.5) is 8.78 Å². The lowest BCUT2D eigenvalue weighted by atomic mass is 10.0. The summed E-state index contributed by atoms with van der Waals surface area (Å²) in [6, 6.07) is 0. The number of ether oxygens (including phenoxy) is 1. The molecular formula is C7H14F2O2. The van der Waals surface area contributed by atoms with Crippen molar-refractivity contribution in [2.45, 2.75) is 25.9 Å². The number of halogens is 2. The van der Waals surface area contributed by atoms with Crippen LogP contribution in [-0.2, 0) is 4.74 Å². The molecule has 0 spiro atoms. The molecule has 0 heterocycles. The molecule has 0 aliphatic heterocycles. The van der Waals surface area contributed by atoms with Gasteiger partial charge in [-0.1, -0.05) is 6.92 Å². The minimum atomic E-state index is -2.65. The minimum Gasteiger partial charge on any atom is -0.387 e. The summed E-state index contributed by atoms with van der Waals surface area (Å²) in [6.07, 6.45) is -3.71. The molecule has 0 saturated carbocycles. The number of methoxy groups -OCH3 is 1. The molecule has 11 heavy (non-hydrogen) atoms. The molecule has 68 valence electrons. The van der Waals surface area contributed by atoms with Crippen LogP contribution in [0.25, 0.3) is 0 Å². The van der Waals surface area contributed by atoms with Crippen molar-refractivity contribution >= 4 is 0 Å². The first-order valence-electron chi connectivity index (χ1n) is 3.54. The fraction of sp³-hybridized carbons (Fsp3) is 1.00. The van der Waals surface area contributed by atoms with Crippen molar-refractivity contribution in [2.24, 2.45) is 5.92 Å². The first-order valence-corrected chi connectivity index (χ1v) is 3.54. The van der Waals surface area contributed by atoms with Crippen LogP contribution in [0.3, 0.4) is 0 Å². The van der Waals surface area contributed by atoms with Crippen LogP contribution in [0.15, 0.2) is 0 Å².